The number of carbonyl (C=O) groups excluding carboxylic acids is 1. The third kappa shape index (κ3) is 4.70. The molecule has 0 aliphatic carbocycles. The summed E-state index contributed by atoms with van der Waals surface area (Å²) in [5.41, 5.74) is 6.89. The topological polar surface area (TPSA) is 64.3 Å². The van der Waals surface area contributed by atoms with Crippen LogP contribution >= 0.6 is 12.4 Å². The van der Waals surface area contributed by atoms with E-state index in [4.69, 9.17) is 10.5 Å². The third-order valence-electron chi connectivity index (χ3n) is 3.26. The van der Waals surface area contributed by atoms with Crippen molar-refractivity contribution in [2.24, 2.45) is 5.73 Å². The molecular weight excluding hydrogens is 288 g/mol. The summed E-state index contributed by atoms with van der Waals surface area (Å²) in [5, 5.41) is 5.28. The van der Waals surface area contributed by atoms with E-state index in [1.54, 1.807) is 0 Å². The lowest BCUT2D eigenvalue weighted by Crippen LogP contribution is -2.44. The molecule has 0 fully saturated rings. The molecule has 3 N–H and O–H groups in total. The molecule has 1 amide bonds. The first-order valence-electron chi connectivity index (χ1n) is 6.71. The van der Waals surface area contributed by atoms with Gasteiger partial charge in [-0.25, -0.2) is 0 Å². The molecule has 4 nitrogen and oxygen atoms in total. The molecule has 2 rings (SSSR count). The number of nitrogens with one attached hydrogen (secondary N) is 1. The van der Waals surface area contributed by atoms with Gasteiger partial charge in [-0.3, -0.25) is 4.79 Å². The summed E-state index contributed by atoms with van der Waals surface area (Å²) in [6, 6.07) is 13.9. The lowest BCUT2D eigenvalue weighted by molar-refractivity contribution is -0.123. The summed E-state index contributed by atoms with van der Waals surface area (Å²) in [7, 11) is 1.53. The molecule has 21 heavy (non-hydrogen) atoms. The molecule has 2 aromatic carbocycles. The fraction of sp³-hybridized carbons (Fsp3) is 0.312. The van der Waals surface area contributed by atoms with Crippen LogP contribution in [-0.4, -0.2) is 32.2 Å². The maximum absolute atomic E-state index is 11.7. The number of rotatable bonds is 6. The Balaban J connectivity index is 0.00000220. The molecule has 1 atom stereocenters. The van der Waals surface area contributed by atoms with Gasteiger partial charge in [-0.1, -0.05) is 42.5 Å². The zero-order chi connectivity index (χ0) is 14.4. The van der Waals surface area contributed by atoms with E-state index in [1.807, 2.05) is 18.2 Å². The molecular formula is C16H21ClN2O2. The van der Waals surface area contributed by atoms with E-state index >= 15 is 0 Å². The van der Waals surface area contributed by atoms with Gasteiger partial charge in [0.15, 0.2) is 0 Å². The summed E-state index contributed by atoms with van der Waals surface area (Å²) in [5.74, 6) is -0.174. The number of nitrogens with two attached hydrogens (primary N) is 1. The highest BCUT2D eigenvalue weighted by Crippen LogP contribution is 2.18. The molecule has 0 aliphatic heterocycles. The molecule has 114 valence electrons. The number of methoxy groups -OCH3 is 1. The quantitative estimate of drug-likeness (QED) is 0.856. The normalized spacial score (nSPS) is 11.7. The minimum atomic E-state index is -0.604. The number of hydrogen-bond donors (Lipinski definition) is 2. The van der Waals surface area contributed by atoms with Crippen molar-refractivity contribution in [1.82, 2.24) is 5.32 Å². The Hall–Kier alpha value is -1.62. The Labute approximate surface area is 131 Å². The second-order valence-corrected chi connectivity index (χ2v) is 4.74. The maximum atomic E-state index is 11.7. The van der Waals surface area contributed by atoms with Gasteiger partial charge in [0.05, 0.1) is 6.61 Å². The van der Waals surface area contributed by atoms with Crippen molar-refractivity contribution in [1.29, 1.82) is 0 Å². The zero-order valence-electron chi connectivity index (χ0n) is 12.0. The molecule has 0 aliphatic rings. The SMILES string of the molecule is COCC(N)C(=O)NCCc1cccc2ccccc12.Cl. The molecule has 1 unspecified atom stereocenters. The van der Waals surface area contributed by atoms with Gasteiger partial charge in [0.25, 0.3) is 0 Å². The van der Waals surface area contributed by atoms with Crippen LogP contribution in [0.4, 0.5) is 0 Å². The van der Waals surface area contributed by atoms with Crippen LogP contribution in [-0.2, 0) is 16.0 Å². The number of ether oxygens (including phenoxy) is 1. The molecule has 0 heterocycles. The molecule has 0 spiro atoms. The summed E-state index contributed by atoms with van der Waals surface area (Å²) >= 11 is 0. The van der Waals surface area contributed by atoms with Crippen molar-refractivity contribution in [3.05, 3.63) is 48.0 Å². The summed E-state index contributed by atoms with van der Waals surface area (Å²) in [4.78, 5) is 11.7. The first-order valence-corrected chi connectivity index (χ1v) is 6.71. The van der Waals surface area contributed by atoms with E-state index in [0.29, 0.717) is 6.54 Å². The van der Waals surface area contributed by atoms with Gasteiger partial charge in [-0.05, 0) is 22.8 Å². The van der Waals surface area contributed by atoms with E-state index in [2.05, 4.69) is 29.6 Å². The number of amides is 1. The molecule has 0 radical (unpaired) electrons. The Bertz CT molecular complexity index is 584. The predicted molar refractivity (Wildman–Crippen MR) is 87.8 cm³/mol. The van der Waals surface area contributed by atoms with Gasteiger partial charge in [-0.15, -0.1) is 12.4 Å². The number of carbonyl (C=O) groups is 1. The summed E-state index contributed by atoms with van der Waals surface area (Å²) in [6.07, 6.45) is 0.785. The van der Waals surface area contributed by atoms with E-state index in [9.17, 15) is 4.79 Å². The average Bonchev–Trinajstić information content (AvgIpc) is 2.47. The lowest BCUT2D eigenvalue weighted by atomic mass is 10.0. The predicted octanol–water partition coefficient (Wildman–Crippen LogP) is 1.89. The first-order chi connectivity index (χ1) is 9.72. The van der Waals surface area contributed by atoms with Crippen molar-refractivity contribution in [2.45, 2.75) is 12.5 Å². The van der Waals surface area contributed by atoms with Gasteiger partial charge in [0.1, 0.15) is 6.04 Å². The van der Waals surface area contributed by atoms with Gasteiger partial charge >= 0.3 is 0 Å². The molecule has 0 saturated carbocycles. The van der Waals surface area contributed by atoms with Crippen LogP contribution in [0.5, 0.6) is 0 Å². The highest BCUT2D eigenvalue weighted by atomic mass is 35.5. The minimum Gasteiger partial charge on any atom is -0.383 e. The van der Waals surface area contributed by atoms with Crippen molar-refractivity contribution in [3.8, 4) is 0 Å². The van der Waals surface area contributed by atoms with Gasteiger partial charge < -0.3 is 15.8 Å². The van der Waals surface area contributed by atoms with Crippen molar-refractivity contribution >= 4 is 29.1 Å². The second kappa shape index (κ2) is 8.62. The van der Waals surface area contributed by atoms with E-state index in [1.165, 1.54) is 23.4 Å². The van der Waals surface area contributed by atoms with Crippen molar-refractivity contribution in [3.63, 3.8) is 0 Å². The smallest absolute Gasteiger partial charge is 0.239 e. The van der Waals surface area contributed by atoms with Crippen LogP contribution in [0.2, 0.25) is 0 Å². The van der Waals surface area contributed by atoms with E-state index in [-0.39, 0.29) is 24.9 Å². The fourth-order valence-electron chi connectivity index (χ4n) is 2.22. The van der Waals surface area contributed by atoms with E-state index in [0.717, 1.165) is 6.42 Å². The Morgan fingerprint density at radius 1 is 1.24 bits per heavy atom. The van der Waals surface area contributed by atoms with Crippen LogP contribution in [0.1, 0.15) is 5.56 Å². The molecule has 0 aromatic heterocycles. The highest BCUT2D eigenvalue weighted by Gasteiger charge is 2.12. The highest BCUT2D eigenvalue weighted by molar-refractivity contribution is 5.86. The van der Waals surface area contributed by atoms with Crippen LogP contribution in [0.25, 0.3) is 10.8 Å². The largest absolute Gasteiger partial charge is 0.383 e. The Morgan fingerprint density at radius 3 is 2.71 bits per heavy atom. The number of fused-ring (bicyclic) bond motifs is 1. The maximum Gasteiger partial charge on any atom is 0.239 e. The number of benzene rings is 2. The van der Waals surface area contributed by atoms with Gasteiger partial charge in [0.2, 0.25) is 5.91 Å². The van der Waals surface area contributed by atoms with Gasteiger partial charge in [0, 0.05) is 13.7 Å². The first kappa shape index (κ1) is 17.4. The van der Waals surface area contributed by atoms with E-state index < -0.39 is 6.04 Å². The summed E-state index contributed by atoms with van der Waals surface area (Å²) < 4.78 is 4.86. The average molecular weight is 309 g/mol. The second-order valence-electron chi connectivity index (χ2n) is 4.74. The van der Waals surface area contributed by atoms with Crippen molar-refractivity contribution < 1.29 is 9.53 Å². The van der Waals surface area contributed by atoms with Crippen LogP contribution < -0.4 is 11.1 Å². The minimum absolute atomic E-state index is 0. The molecule has 0 saturated heterocycles. The zero-order valence-corrected chi connectivity index (χ0v) is 12.9. The fourth-order valence-corrected chi connectivity index (χ4v) is 2.22. The lowest BCUT2D eigenvalue weighted by Gasteiger charge is -2.12. The van der Waals surface area contributed by atoms with Crippen molar-refractivity contribution in [2.75, 3.05) is 20.3 Å². The Morgan fingerprint density at radius 2 is 1.95 bits per heavy atom. The van der Waals surface area contributed by atoms with Crippen LogP contribution in [0.15, 0.2) is 42.5 Å². The summed E-state index contributed by atoms with van der Waals surface area (Å²) in [6.45, 7) is 0.810. The number of halogens is 1. The van der Waals surface area contributed by atoms with Crippen LogP contribution in [0.3, 0.4) is 0 Å². The molecule has 5 heteroatoms. The molecule has 2 aromatic rings. The van der Waals surface area contributed by atoms with Crippen LogP contribution in [0, 0.1) is 0 Å². The molecule has 0 bridgehead atoms. The standard InChI is InChI=1S/C16H20N2O2.ClH/c1-20-11-15(17)16(19)18-10-9-13-7-4-6-12-5-2-3-8-14(12)13;/h2-8,15H,9-11,17H2,1H3,(H,18,19);1H. The monoisotopic (exact) mass is 308 g/mol. The third-order valence-corrected chi connectivity index (χ3v) is 3.26. The Kier molecular flexibility index (Phi) is 7.15. The van der Waals surface area contributed by atoms with Gasteiger partial charge in [-0.2, -0.15) is 0 Å². The number of hydrogen-bond acceptors (Lipinski definition) is 3.